The van der Waals surface area contributed by atoms with E-state index in [2.05, 4.69) is 6.92 Å². The zero-order chi connectivity index (χ0) is 9.69. The van der Waals surface area contributed by atoms with E-state index in [9.17, 15) is 4.79 Å². The van der Waals surface area contributed by atoms with Gasteiger partial charge >= 0.3 is 5.97 Å². The van der Waals surface area contributed by atoms with Crippen LogP contribution in [0.3, 0.4) is 0 Å². The monoisotopic (exact) mass is 184 g/mol. The van der Waals surface area contributed by atoms with Gasteiger partial charge in [-0.2, -0.15) is 0 Å². The zero-order valence-electron chi connectivity index (χ0n) is 8.42. The largest absolute Gasteiger partial charge is 0.467 e. The number of carbonyl (C=O) groups is 1. The van der Waals surface area contributed by atoms with E-state index in [0.717, 1.165) is 12.8 Å². The number of hydrogen-bond donors (Lipinski definition) is 0. The maximum absolute atomic E-state index is 11.5. The van der Waals surface area contributed by atoms with E-state index in [-0.39, 0.29) is 11.6 Å². The second-order valence-electron chi connectivity index (χ2n) is 4.10. The van der Waals surface area contributed by atoms with Gasteiger partial charge < -0.3 is 9.47 Å². The van der Waals surface area contributed by atoms with Gasteiger partial charge in [0.1, 0.15) is 5.60 Å². The van der Waals surface area contributed by atoms with E-state index in [0.29, 0.717) is 5.92 Å². The predicted octanol–water partition coefficient (Wildman–Crippen LogP) is 1.51. The van der Waals surface area contributed by atoms with Crippen molar-refractivity contribution in [1.29, 1.82) is 0 Å². The Hall–Kier alpha value is -0.570. The molecular weight excluding hydrogens is 168 g/mol. The van der Waals surface area contributed by atoms with Crippen LogP contribution in [0.1, 0.15) is 33.1 Å². The fraction of sp³-hybridized carbons (Fsp3) is 0.900. The lowest BCUT2D eigenvalue weighted by atomic mass is 9.67. The topological polar surface area (TPSA) is 38.8 Å². The summed E-state index contributed by atoms with van der Waals surface area (Å²) in [6.45, 7) is 4.13. The molecule has 1 spiro atoms. The van der Waals surface area contributed by atoms with Gasteiger partial charge in [-0.3, -0.25) is 0 Å². The SMILES string of the molecule is CCC1(C(=O)OC)OC12CCC2C. The second kappa shape index (κ2) is 2.47. The van der Waals surface area contributed by atoms with Crippen LogP contribution < -0.4 is 0 Å². The van der Waals surface area contributed by atoms with Crippen molar-refractivity contribution in [1.82, 2.24) is 0 Å². The lowest BCUT2D eigenvalue weighted by molar-refractivity contribution is -0.147. The molecule has 3 unspecified atom stereocenters. The van der Waals surface area contributed by atoms with Crippen LogP contribution in [0.2, 0.25) is 0 Å². The van der Waals surface area contributed by atoms with Crippen molar-refractivity contribution >= 4 is 5.97 Å². The van der Waals surface area contributed by atoms with E-state index in [1.807, 2.05) is 6.92 Å². The molecule has 0 aromatic rings. The molecule has 13 heavy (non-hydrogen) atoms. The molecule has 0 aromatic heterocycles. The summed E-state index contributed by atoms with van der Waals surface area (Å²) in [5.74, 6) is 0.313. The maximum Gasteiger partial charge on any atom is 0.341 e. The van der Waals surface area contributed by atoms with Crippen molar-refractivity contribution in [3.8, 4) is 0 Å². The number of epoxide rings is 1. The second-order valence-corrected chi connectivity index (χ2v) is 4.10. The zero-order valence-corrected chi connectivity index (χ0v) is 8.42. The molecule has 2 fully saturated rings. The number of esters is 1. The fourth-order valence-corrected chi connectivity index (χ4v) is 2.63. The molecule has 1 saturated heterocycles. The van der Waals surface area contributed by atoms with E-state index in [1.165, 1.54) is 13.5 Å². The highest BCUT2D eigenvalue weighted by atomic mass is 16.7. The fourth-order valence-electron chi connectivity index (χ4n) is 2.63. The van der Waals surface area contributed by atoms with E-state index >= 15 is 0 Å². The summed E-state index contributed by atoms with van der Waals surface area (Å²) < 4.78 is 10.5. The molecule has 1 aliphatic heterocycles. The molecule has 0 aromatic carbocycles. The minimum absolute atomic E-state index is 0.158. The number of carbonyl (C=O) groups excluding carboxylic acids is 1. The third kappa shape index (κ3) is 0.810. The first-order chi connectivity index (χ1) is 6.13. The van der Waals surface area contributed by atoms with Crippen molar-refractivity contribution in [2.24, 2.45) is 5.92 Å². The van der Waals surface area contributed by atoms with Gasteiger partial charge in [0.05, 0.1) is 7.11 Å². The average Bonchev–Trinajstić information content (AvgIpc) is 2.87. The molecule has 74 valence electrons. The molecule has 2 rings (SSSR count). The quantitative estimate of drug-likeness (QED) is 0.482. The van der Waals surface area contributed by atoms with Gasteiger partial charge in [-0.15, -0.1) is 0 Å². The van der Waals surface area contributed by atoms with Crippen LogP contribution in [0.4, 0.5) is 0 Å². The van der Waals surface area contributed by atoms with Gasteiger partial charge in [0.2, 0.25) is 0 Å². The van der Waals surface area contributed by atoms with Gasteiger partial charge in [-0.1, -0.05) is 13.8 Å². The average molecular weight is 184 g/mol. The maximum atomic E-state index is 11.5. The Bertz CT molecular complexity index is 251. The molecular formula is C10H16O3. The molecule has 1 saturated carbocycles. The van der Waals surface area contributed by atoms with Crippen LogP contribution in [0.5, 0.6) is 0 Å². The number of hydrogen-bond acceptors (Lipinski definition) is 3. The molecule has 1 heterocycles. The van der Waals surface area contributed by atoms with E-state index in [4.69, 9.17) is 9.47 Å². The predicted molar refractivity (Wildman–Crippen MR) is 47.3 cm³/mol. The summed E-state index contributed by atoms with van der Waals surface area (Å²) in [6, 6.07) is 0. The van der Waals surface area contributed by atoms with Crippen LogP contribution in [-0.4, -0.2) is 24.3 Å². The number of methoxy groups -OCH3 is 1. The van der Waals surface area contributed by atoms with Crippen molar-refractivity contribution in [2.75, 3.05) is 7.11 Å². The highest BCUT2D eigenvalue weighted by molar-refractivity contribution is 5.85. The van der Waals surface area contributed by atoms with Crippen molar-refractivity contribution in [3.05, 3.63) is 0 Å². The summed E-state index contributed by atoms with van der Waals surface area (Å²) in [5.41, 5.74) is -0.756. The lowest BCUT2D eigenvalue weighted by Crippen LogP contribution is -2.44. The standard InChI is InChI=1S/C10H16O3/c1-4-9(8(11)12-3)10(13-9)6-5-7(10)2/h7H,4-6H2,1-3H3. The Morgan fingerprint density at radius 1 is 1.69 bits per heavy atom. The van der Waals surface area contributed by atoms with Crippen LogP contribution in [0.15, 0.2) is 0 Å². The van der Waals surface area contributed by atoms with Crippen molar-refractivity contribution < 1.29 is 14.3 Å². The van der Waals surface area contributed by atoms with Crippen LogP contribution in [-0.2, 0) is 14.3 Å². The van der Waals surface area contributed by atoms with Gasteiger partial charge in [-0.25, -0.2) is 4.79 Å². The Morgan fingerprint density at radius 3 is 2.62 bits per heavy atom. The minimum Gasteiger partial charge on any atom is -0.467 e. The molecule has 2 aliphatic rings. The van der Waals surface area contributed by atoms with E-state index in [1.54, 1.807) is 0 Å². The van der Waals surface area contributed by atoms with Crippen LogP contribution in [0, 0.1) is 5.92 Å². The summed E-state index contributed by atoms with van der Waals surface area (Å²) in [4.78, 5) is 11.5. The Kier molecular flexibility index (Phi) is 1.71. The lowest BCUT2D eigenvalue weighted by Gasteiger charge is -2.33. The molecule has 3 heteroatoms. The molecule has 3 nitrogen and oxygen atoms in total. The van der Waals surface area contributed by atoms with E-state index < -0.39 is 5.60 Å². The van der Waals surface area contributed by atoms with Crippen molar-refractivity contribution in [3.63, 3.8) is 0 Å². The smallest absolute Gasteiger partial charge is 0.341 e. The van der Waals surface area contributed by atoms with Gasteiger partial charge in [-0.05, 0) is 25.2 Å². The normalized spacial score (nSPS) is 47.2. The van der Waals surface area contributed by atoms with Crippen LogP contribution >= 0.6 is 0 Å². The highest BCUT2D eigenvalue weighted by Gasteiger charge is 2.79. The first-order valence-electron chi connectivity index (χ1n) is 4.91. The summed E-state index contributed by atoms with van der Waals surface area (Å²) in [6.07, 6.45) is 2.90. The highest BCUT2D eigenvalue weighted by Crippen LogP contribution is 2.65. The molecule has 3 atom stereocenters. The first-order valence-corrected chi connectivity index (χ1v) is 4.91. The van der Waals surface area contributed by atoms with Gasteiger partial charge in [0.15, 0.2) is 5.60 Å². The summed E-state index contributed by atoms with van der Waals surface area (Å²) >= 11 is 0. The number of ether oxygens (including phenoxy) is 2. The molecule has 0 bridgehead atoms. The minimum atomic E-state index is -0.598. The Labute approximate surface area is 78.4 Å². The summed E-state index contributed by atoms with van der Waals surface area (Å²) in [7, 11) is 1.43. The van der Waals surface area contributed by atoms with Gasteiger partial charge in [0, 0.05) is 0 Å². The Morgan fingerprint density at radius 2 is 2.38 bits per heavy atom. The molecule has 0 radical (unpaired) electrons. The first kappa shape index (κ1) is 9.00. The molecule has 1 aliphatic carbocycles. The molecule has 0 amide bonds. The Balaban J connectivity index is 2.18. The third-order valence-electron chi connectivity index (χ3n) is 3.76. The van der Waals surface area contributed by atoms with Gasteiger partial charge in [0.25, 0.3) is 0 Å². The number of rotatable bonds is 2. The summed E-state index contributed by atoms with van der Waals surface area (Å²) in [5, 5.41) is 0. The van der Waals surface area contributed by atoms with Crippen molar-refractivity contribution in [2.45, 2.75) is 44.3 Å². The third-order valence-corrected chi connectivity index (χ3v) is 3.76. The molecule has 0 N–H and O–H groups in total. The van der Waals surface area contributed by atoms with Crippen LogP contribution in [0.25, 0.3) is 0 Å².